The van der Waals surface area contributed by atoms with Gasteiger partial charge in [-0.05, 0) is 13.0 Å². The molecule has 3 rings (SSSR count). The molecule has 0 aliphatic carbocycles. The van der Waals surface area contributed by atoms with Crippen LogP contribution >= 0.6 is 11.6 Å². The minimum absolute atomic E-state index is 0.698. The topological polar surface area (TPSA) is 46.5 Å². The second-order valence-corrected chi connectivity index (χ2v) is 4.14. The van der Waals surface area contributed by atoms with Gasteiger partial charge in [-0.2, -0.15) is 5.10 Å². The van der Waals surface area contributed by atoms with E-state index in [4.69, 9.17) is 11.6 Å². The molecule has 17 heavy (non-hydrogen) atoms. The van der Waals surface area contributed by atoms with E-state index in [-0.39, 0.29) is 0 Å². The van der Waals surface area contributed by atoms with Crippen LogP contribution in [0.3, 0.4) is 0 Å². The molecular weight excluding hydrogens is 236 g/mol. The van der Waals surface area contributed by atoms with Crippen LogP contribution in [0.1, 0.15) is 6.92 Å². The fourth-order valence-electron chi connectivity index (χ4n) is 1.95. The molecule has 0 radical (unpaired) electrons. The normalized spacial score (nSPS) is 11.2. The Morgan fingerprint density at radius 1 is 1.35 bits per heavy atom. The van der Waals surface area contributed by atoms with Gasteiger partial charge in [0.15, 0.2) is 5.82 Å². The molecule has 4 nitrogen and oxygen atoms in total. The number of H-pyrrole nitrogens is 1. The average Bonchev–Trinajstić information content (AvgIpc) is 2.94. The van der Waals surface area contributed by atoms with E-state index in [0.29, 0.717) is 5.02 Å². The molecule has 2 heterocycles. The SMILES string of the molecule is CCn1ncnc1-c1[nH]c2ccccc2c1Cl. The highest BCUT2D eigenvalue weighted by atomic mass is 35.5. The summed E-state index contributed by atoms with van der Waals surface area (Å²) < 4.78 is 1.82. The van der Waals surface area contributed by atoms with Gasteiger partial charge in [0, 0.05) is 17.4 Å². The first kappa shape index (κ1) is 10.4. The van der Waals surface area contributed by atoms with Crippen molar-refractivity contribution < 1.29 is 0 Å². The number of rotatable bonds is 2. The first-order chi connectivity index (χ1) is 8.31. The number of halogens is 1. The van der Waals surface area contributed by atoms with Gasteiger partial charge in [-0.1, -0.05) is 29.8 Å². The number of aromatic amines is 1. The van der Waals surface area contributed by atoms with Crippen LogP contribution in [0.5, 0.6) is 0 Å². The molecule has 0 amide bonds. The molecule has 5 heteroatoms. The van der Waals surface area contributed by atoms with Crippen LogP contribution in [0, 0.1) is 0 Å². The molecule has 0 spiro atoms. The molecule has 3 aromatic rings. The Morgan fingerprint density at radius 3 is 2.94 bits per heavy atom. The van der Waals surface area contributed by atoms with Gasteiger partial charge in [0.25, 0.3) is 0 Å². The number of aryl methyl sites for hydroxylation is 1. The lowest BCUT2D eigenvalue weighted by Gasteiger charge is -2.00. The summed E-state index contributed by atoms with van der Waals surface area (Å²) in [7, 11) is 0. The van der Waals surface area contributed by atoms with Crippen molar-refractivity contribution in [2.75, 3.05) is 0 Å². The van der Waals surface area contributed by atoms with E-state index in [0.717, 1.165) is 29.0 Å². The van der Waals surface area contributed by atoms with Crippen LogP contribution < -0.4 is 0 Å². The molecule has 2 aromatic heterocycles. The first-order valence-electron chi connectivity index (χ1n) is 5.45. The highest BCUT2D eigenvalue weighted by Crippen LogP contribution is 2.32. The Bertz CT molecular complexity index is 668. The number of hydrogen-bond donors (Lipinski definition) is 1. The van der Waals surface area contributed by atoms with Crippen LogP contribution in [0.15, 0.2) is 30.6 Å². The van der Waals surface area contributed by atoms with Gasteiger partial charge in [-0.15, -0.1) is 0 Å². The molecule has 86 valence electrons. The number of aromatic nitrogens is 4. The second-order valence-electron chi connectivity index (χ2n) is 3.76. The zero-order chi connectivity index (χ0) is 11.8. The largest absolute Gasteiger partial charge is 0.351 e. The Balaban J connectivity index is 2.27. The predicted octanol–water partition coefficient (Wildman–Crippen LogP) is 3.10. The third-order valence-electron chi connectivity index (χ3n) is 2.78. The lowest BCUT2D eigenvalue weighted by molar-refractivity contribution is 0.665. The average molecular weight is 247 g/mol. The molecule has 0 unspecified atom stereocenters. The minimum Gasteiger partial charge on any atom is -0.351 e. The maximum absolute atomic E-state index is 6.37. The Morgan fingerprint density at radius 2 is 2.18 bits per heavy atom. The molecule has 0 bridgehead atoms. The second kappa shape index (κ2) is 3.89. The van der Waals surface area contributed by atoms with Crippen molar-refractivity contribution in [1.82, 2.24) is 19.7 Å². The van der Waals surface area contributed by atoms with Crippen molar-refractivity contribution in [3.63, 3.8) is 0 Å². The monoisotopic (exact) mass is 246 g/mol. The summed E-state index contributed by atoms with van der Waals surface area (Å²) in [6.07, 6.45) is 1.54. The van der Waals surface area contributed by atoms with Gasteiger partial charge >= 0.3 is 0 Å². The zero-order valence-corrected chi connectivity index (χ0v) is 10.1. The fraction of sp³-hybridized carbons (Fsp3) is 0.167. The summed E-state index contributed by atoms with van der Waals surface area (Å²) in [5.41, 5.74) is 1.84. The summed E-state index contributed by atoms with van der Waals surface area (Å²) in [5.74, 6) is 0.772. The summed E-state index contributed by atoms with van der Waals surface area (Å²) in [6, 6.07) is 7.93. The van der Waals surface area contributed by atoms with E-state index in [2.05, 4.69) is 15.1 Å². The van der Waals surface area contributed by atoms with E-state index in [1.165, 1.54) is 0 Å². The summed E-state index contributed by atoms with van der Waals surface area (Å²) in [5, 5.41) is 5.86. The fourth-order valence-corrected chi connectivity index (χ4v) is 2.25. The van der Waals surface area contributed by atoms with Crippen molar-refractivity contribution in [2.24, 2.45) is 0 Å². The zero-order valence-electron chi connectivity index (χ0n) is 9.31. The van der Waals surface area contributed by atoms with Gasteiger partial charge < -0.3 is 4.98 Å². The molecule has 1 aromatic carbocycles. The number of fused-ring (bicyclic) bond motifs is 1. The van der Waals surface area contributed by atoms with E-state index in [9.17, 15) is 0 Å². The predicted molar refractivity (Wildman–Crippen MR) is 68.0 cm³/mol. The lowest BCUT2D eigenvalue weighted by Crippen LogP contribution is -1.99. The standard InChI is InChI=1S/C12H11ClN4/c1-2-17-12(14-7-15-17)11-10(13)8-5-3-4-6-9(8)16-11/h3-7,16H,2H2,1H3. The quantitative estimate of drug-likeness (QED) is 0.755. The van der Waals surface area contributed by atoms with E-state index < -0.39 is 0 Å². The maximum Gasteiger partial charge on any atom is 0.176 e. The van der Waals surface area contributed by atoms with Crippen molar-refractivity contribution >= 4 is 22.5 Å². The first-order valence-corrected chi connectivity index (χ1v) is 5.83. The van der Waals surface area contributed by atoms with Gasteiger partial charge in [0.1, 0.15) is 12.0 Å². The van der Waals surface area contributed by atoms with Crippen molar-refractivity contribution in [3.05, 3.63) is 35.6 Å². The third-order valence-corrected chi connectivity index (χ3v) is 3.17. The van der Waals surface area contributed by atoms with Crippen LogP contribution in [0.25, 0.3) is 22.4 Å². The van der Waals surface area contributed by atoms with Gasteiger partial charge in [-0.25, -0.2) is 9.67 Å². The molecule has 1 N–H and O–H groups in total. The van der Waals surface area contributed by atoms with Crippen LogP contribution in [0.4, 0.5) is 0 Å². The van der Waals surface area contributed by atoms with Crippen molar-refractivity contribution in [1.29, 1.82) is 0 Å². The van der Waals surface area contributed by atoms with E-state index in [1.54, 1.807) is 6.33 Å². The minimum atomic E-state index is 0.698. The Kier molecular flexibility index (Phi) is 2.37. The van der Waals surface area contributed by atoms with Crippen molar-refractivity contribution in [3.8, 4) is 11.5 Å². The number of benzene rings is 1. The van der Waals surface area contributed by atoms with E-state index in [1.807, 2.05) is 35.9 Å². The van der Waals surface area contributed by atoms with Crippen molar-refractivity contribution in [2.45, 2.75) is 13.5 Å². The van der Waals surface area contributed by atoms with Crippen LogP contribution in [-0.4, -0.2) is 19.7 Å². The summed E-state index contributed by atoms with van der Waals surface area (Å²) >= 11 is 6.37. The number of nitrogens with zero attached hydrogens (tertiary/aromatic N) is 3. The maximum atomic E-state index is 6.37. The summed E-state index contributed by atoms with van der Waals surface area (Å²) in [6.45, 7) is 2.79. The molecule has 0 atom stereocenters. The highest BCUT2D eigenvalue weighted by molar-refractivity contribution is 6.38. The molecule has 0 fully saturated rings. The van der Waals surface area contributed by atoms with Crippen LogP contribution in [-0.2, 0) is 6.54 Å². The number of nitrogens with one attached hydrogen (secondary N) is 1. The molecule has 0 aliphatic rings. The molecule has 0 saturated carbocycles. The number of para-hydroxylation sites is 1. The Hall–Kier alpha value is -1.81. The number of hydrogen-bond acceptors (Lipinski definition) is 2. The van der Waals surface area contributed by atoms with Crippen LogP contribution in [0.2, 0.25) is 5.02 Å². The van der Waals surface area contributed by atoms with E-state index >= 15 is 0 Å². The molecule has 0 saturated heterocycles. The highest BCUT2D eigenvalue weighted by Gasteiger charge is 2.15. The lowest BCUT2D eigenvalue weighted by atomic mass is 10.2. The smallest absolute Gasteiger partial charge is 0.176 e. The third kappa shape index (κ3) is 1.52. The van der Waals surface area contributed by atoms with Gasteiger partial charge in [0.05, 0.1) is 5.02 Å². The Labute approximate surface area is 103 Å². The molecular formula is C12H11ClN4. The molecule has 0 aliphatic heterocycles. The van der Waals surface area contributed by atoms with Gasteiger partial charge in [-0.3, -0.25) is 0 Å². The van der Waals surface area contributed by atoms with Gasteiger partial charge in [0.2, 0.25) is 0 Å². The summed E-state index contributed by atoms with van der Waals surface area (Å²) in [4.78, 5) is 7.54.